The molecule has 7 rings (SSSR count). The summed E-state index contributed by atoms with van der Waals surface area (Å²) in [6.07, 6.45) is -4.89. The Balaban J connectivity index is 1.50. The molecule has 0 saturated carbocycles. The smallest absolute Gasteiger partial charge is 0.331 e. The Kier molecular flexibility index (Phi) is 6.87. The van der Waals surface area contributed by atoms with E-state index in [9.17, 15) is 9.59 Å². The van der Waals surface area contributed by atoms with Gasteiger partial charge in [0, 0.05) is 24.6 Å². The van der Waals surface area contributed by atoms with E-state index in [0.717, 1.165) is 0 Å². The number of carbonyl (C=O) groups excluding carboxylic acids is 3. The van der Waals surface area contributed by atoms with Crippen molar-refractivity contribution in [2.24, 2.45) is 5.41 Å². The van der Waals surface area contributed by atoms with Crippen LogP contribution in [0, 0.1) is 5.41 Å². The molecule has 228 valence electrons. The molecule has 0 radical (unpaired) electrons. The van der Waals surface area contributed by atoms with Gasteiger partial charge in [-0.05, 0) is 22.8 Å². The summed E-state index contributed by atoms with van der Waals surface area (Å²) in [4.78, 5) is 46.2. The molecule has 10 heteroatoms. The van der Waals surface area contributed by atoms with Gasteiger partial charge in [0.2, 0.25) is 5.78 Å². The van der Waals surface area contributed by atoms with Crippen molar-refractivity contribution in [1.82, 2.24) is 10.2 Å². The number of anilines is 1. The van der Waals surface area contributed by atoms with E-state index in [1.54, 1.807) is 84.9 Å². The minimum atomic E-state index is -4.89. The number of likely N-dealkylation sites (tertiary alicyclic amines) is 1. The number of ketones is 1. The highest BCUT2D eigenvalue weighted by Gasteiger charge is 2.81. The summed E-state index contributed by atoms with van der Waals surface area (Å²) in [5.74, 6) is -4.33. The van der Waals surface area contributed by atoms with Crippen LogP contribution in [0.4, 0.5) is 18.9 Å². The van der Waals surface area contributed by atoms with E-state index in [4.69, 9.17) is 11.6 Å². The molecular weight excluding hydrogens is 603 g/mol. The molecule has 0 aromatic heterocycles. The topological polar surface area (TPSA) is 69.7 Å². The molecule has 45 heavy (non-hydrogen) atoms. The van der Waals surface area contributed by atoms with Crippen LogP contribution in [0.5, 0.6) is 0 Å². The first-order valence-electron chi connectivity index (χ1n) is 14.5. The van der Waals surface area contributed by atoms with E-state index in [-0.39, 0.29) is 34.9 Å². The molecular formula is C35H27ClF3N3O3. The van der Waals surface area contributed by atoms with E-state index in [2.05, 4.69) is 5.32 Å². The zero-order valence-corrected chi connectivity index (χ0v) is 24.6. The van der Waals surface area contributed by atoms with Crippen LogP contribution in [0.1, 0.15) is 28.2 Å². The Bertz CT molecular complexity index is 1800. The average molecular weight is 630 g/mol. The molecule has 4 atom stereocenters. The minimum Gasteiger partial charge on any atom is -0.331 e. The summed E-state index contributed by atoms with van der Waals surface area (Å²) < 4.78 is 45.7. The number of amides is 2. The zero-order chi connectivity index (χ0) is 31.6. The Morgan fingerprint density at radius 3 is 1.96 bits per heavy atom. The van der Waals surface area contributed by atoms with Gasteiger partial charge in [-0.2, -0.15) is 13.2 Å². The Hall–Kier alpha value is -4.47. The third-order valence-electron chi connectivity index (χ3n) is 9.37. The second-order valence-electron chi connectivity index (χ2n) is 11.8. The lowest BCUT2D eigenvalue weighted by Gasteiger charge is -2.40. The number of rotatable bonds is 5. The molecule has 0 unspecified atom stereocenters. The Labute approximate surface area is 262 Å². The molecule has 2 fully saturated rings. The minimum absolute atomic E-state index is 0.00152. The Morgan fingerprint density at radius 2 is 1.36 bits per heavy atom. The zero-order valence-electron chi connectivity index (χ0n) is 23.8. The number of benzene rings is 4. The molecule has 2 amide bonds. The first-order chi connectivity index (χ1) is 21.6. The summed E-state index contributed by atoms with van der Waals surface area (Å²) in [5, 5.41) is 2.85. The fourth-order valence-electron chi connectivity index (χ4n) is 7.61. The van der Waals surface area contributed by atoms with Crippen molar-refractivity contribution in [3.05, 3.63) is 136 Å². The highest BCUT2D eigenvalue weighted by atomic mass is 35.5. The van der Waals surface area contributed by atoms with Crippen LogP contribution >= 0.6 is 11.6 Å². The van der Waals surface area contributed by atoms with E-state index in [1.165, 1.54) is 28.0 Å². The monoisotopic (exact) mass is 629 g/mol. The Morgan fingerprint density at radius 1 is 0.778 bits per heavy atom. The lowest BCUT2D eigenvalue weighted by Crippen LogP contribution is -2.60. The summed E-state index contributed by atoms with van der Waals surface area (Å²) in [6, 6.07) is 28.1. The SMILES string of the molecule is O=C1C(=O)[C@@]2(CN1Cc1ccccc1)[C@H](c1ccccc1)[C@@H](C(F)(F)F)N[C@]21C(=O)N(Cc2ccccc2)c2c(Cl)cccc21. The van der Waals surface area contributed by atoms with E-state index >= 15 is 18.0 Å². The lowest BCUT2D eigenvalue weighted by molar-refractivity contribution is -0.159. The maximum atomic E-state index is 15.2. The number of Topliss-reactive ketones (excluding diaryl/α,β-unsaturated/α-hetero) is 1. The van der Waals surface area contributed by atoms with Crippen molar-refractivity contribution in [1.29, 1.82) is 0 Å². The molecule has 2 saturated heterocycles. The van der Waals surface area contributed by atoms with E-state index < -0.39 is 53.2 Å². The highest BCUT2D eigenvalue weighted by molar-refractivity contribution is 6.42. The van der Waals surface area contributed by atoms with Gasteiger partial charge in [0.05, 0.1) is 22.7 Å². The molecule has 3 aliphatic rings. The van der Waals surface area contributed by atoms with Gasteiger partial charge < -0.3 is 9.80 Å². The van der Waals surface area contributed by atoms with Crippen LogP contribution in [0.15, 0.2) is 109 Å². The predicted octanol–water partition coefficient (Wildman–Crippen LogP) is 6.00. The maximum Gasteiger partial charge on any atom is 0.404 e. The van der Waals surface area contributed by atoms with Gasteiger partial charge in [0.25, 0.3) is 11.8 Å². The van der Waals surface area contributed by atoms with Gasteiger partial charge in [-0.3, -0.25) is 19.7 Å². The number of fused-ring (bicyclic) bond motifs is 3. The molecule has 0 aliphatic carbocycles. The number of nitrogens with one attached hydrogen (secondary N) is 1. The number of hydrogen-bond donors (Lipinski definition) is 1. The average Bonchev–Trinajstić information content (AvgIpc) is 3.58. The standard InChI is InChI=1S/C35H27ClF3N3O3/c36-26-18-10-17-25-28(26)42(20-23-13-6-2-7-14-23)32(45)34(25)33(21-41(31(44)30(33)43)19-22-11-4-1-5-12-22)27(24-15-8-3-9-16-24)29(40-34)35(37,38)39/h1-18,27,29,40H,19-21H2/t27-,29+,33-,34-/m1/s1. The van der Waals surface area contributed by atoms with Crippen LogP contribution in [0.3, 0.4) is 0 Å². The van der Waals surface area contributed by atoms with Gasteiger partial charge >= 0.3 is 6.18 Å². The largest absolute Gasteiger partial charge is 0.404 e. The van der Waals surface area contributed by atoms with Crippen molar-refractivity contribution in [2.75, 3.05) is 11.4 Å². The normalized spacial score (nSPS) is 26.0. The van der Waals surface area contributed by atoms with Gasteiger partial charge in [-0.1, -0.05) is 115 Å². The van der Waals surface area contributed by atoms with Crippen LogP contribution in [-0.2, 0) is 33.0 Å². The summed E-state index contributed by atoms with van der Waals surface area (Å²) in [5.41, 5.74) is -2.44. The number of carbonyl (C=O) groups is 3. The quantitative estimate of drug-likeness (QED) is 0.275. The van der Waals surface area contributed by atoms with Crippen molar-refractivity contribution >= 4 is 34.9 Å². The van der Waals surface area contributed by atoms with Gasteiger partial charge in [-0.15, -0.1) is 0 Å². The summed E-state index contributed by atoms with van der Waals surface area (Å²) >= 11 is 6.73. The van der Waals surface area contributed by atoms with Crippen LogP contribution in [0.25, 0.3) is 0 Å². The lowest BCUT2D eigenvalue weighted by atomic mass is 9.59. The molecule has 0 bridgehead atoms. The van der Waals surface area contributed by atoms with Crippen LogP contribution < -0.4 is 10.2 Å². The fraction of sp³-hybridized carbons (Fsp3) is 0.229. The van der Waals surface area contributed by atoms with Gasteiger partial charge in [0.1, 0.15) is 11.6 Å². The predicted molar refractivity (Wildman–Crippen MR) is 162 cm³/mol. The van der Waals surface area contributed by atoms with Crippen molar-refractivity contribution in [3.8, 4) is 0 Å². The molecule has 4 aromatic rings. The van der Waals surface area contributed by atoms with Crippen LogP contribution in [-0.4, -0.2) is 41.3 Å². The molecule has 3 heterocycles. The maximum absolute atomic E-state index is 15.2. The number of nitrogens with zero attached hydrogens (tertiary/aromatic N) is 2. The summed E-state index contributed by atoms with van der Waals surface area (Å²) in [6.45, 7) is -0.417. The summed E-state index contributed by atoms with van der Waals surface area (Å²) in [7, 11) is 0. The second-order valence-corrected chi connectivity index (χ2v) is 12.2. The number of halogens is 4. The van der Waals surface area contributed by atoms with Gasteiger partial charge in [0.15, 0.2) is 0 Å². The third-order valence-corrected chi connectivity index (χ3v) is 9.68. The molecule has 3 aliphatic heterocycles. The first kappa shape index (κ1) is 29.3. The third kappa shape index (κ3) is 4.24. The molecule has 6 nitrogen and oxygen atoms in total. The molecule has 2 spiro atoms. The number of alkyl halides is 3. The number of hydrogen-bond acceptors (Lipinski definition) is 4. The van der Waals surface area contributed by atoms with E-state index in [1.807, 2.05) is 6.07 Å². The van der Waals surface area contributed by atoms with Gasteiger partial charge in [-0.25, -0.2) is 0 Å². The highest BCUT2D eigenvalue weighted by Crippen LogP contribution is 2.66. The molecule has 1 N–H and O–H groups in total. The fourth-order valence-corrected chi connectivity index (χ4v) is 7.89. The van der Waals surface area contributed by atoms with Crippen molar-refractivity contribution in [2.45, 2.75) is 36.8 Å². The van der Waals surface area contributed by atoms with Crippen molar-refractivity contribution < 1.29 is 27.6 Å². The van der Waals surface area contributed by atoms with Crippen molar-refractivity contribution in [3.63, 3.8) is 0 Å². The first-order valence-corrected chi connectivity index (χ1v) is 14.9. The van der Waals surface area contributed by atoms with Crippen LogP contribution in [0.2, 0.25) is 5.02 Å². The molecule has 4 aromatic carbocycles. The van der Waals surface area contributed by atoms with E-state index in [0.29, 0.717) is 11.1 Å². The number of para-hydroxylation sites is 1. The second kappa shape index (κ2) is 10.6.